The lowest BCUT2D eigenvalue weighted by atomic mass is 9.96. The van der Waals surface area contributed by atoms with Gasteiger partial charge in [0.1, 0.15) is 11.5 Å². The highest BCUT2D eigenvalue weighted by molar-refractivity contribution is 5.41. The molecule has 0 bridgehead atoms. The van der Waals surface area contributed by atoms with Crippen molar-refractivity contribution >= 4 is 0 Å². The van der Waals surface area contributed by atoms with E-state index in [1.807, 2.05) is 0 Å². The molecule has 2 unspecified atom stereocenters. The summed E-state index contributed by atoms with van der Waals surface area (Å²) in [6, 6.07) is 5.27. The summed E-state index contributed by atoms with van der Waals surface area (Å²) in [7, 11) is 0. The zero-order valence-corrected chi connectivity index (χ0v) is 10.8. The summed E-state index contributed by atoms with van der Waals surface area (Å²) in [4.78, 5) is 2.36. The van der Waals surface area contributed by atoms with Crippen molar-refractivity contribution in [1.29, 1.82) is 0 Å². The number of benzene rings is 1. The van der Waals surface area contributed by atoms with E-state index in [1.165, 1.54) is 25.3 Å². The number of nitrogens with two attached hydrogens (primary N) is 1. The van der Waals surface area contributed by atoms with Gasteiger partial charge in [-0.05, 0) is 32.4 Å². The topological polar surface area (TPSA) is 69.7 Å². The van der Waals surface area contributed by atoms with Crippen LogP contribution in [0.5, 0.6) is 11.5 Å². The number of phenols is 2. The Morgan fingerprint density at radius 2 is 2.17 bits per heavy atom. The summed E-state index contributed by atoms with van der Waals surface area (Å²) in [5, 5.41) is 19.3. The van der Waals surface area contributed by atoms with Crippen LogP contribution in [0.3, 0.4) is 0 Å². The molecule has 1 aromatic carbocycles. The highest BCUT2D eigenvalue weighted by Gasteiger charge is 2.27. The fourth-order valence-electron chi connectivity index (χ4n) is 2.84. The second-order valence-electron chi connectivity index (χ2n) is 5.08. The minimum Gasteiger partial charge on any atom is -0.508 e. The molecule has 0 aromatic heterocycles. The van der Waals surface area contributed by atoms with Crippen LogP contribution in [-0.2, 0) is 0 Å². The van der Waals surface area contributed by atoms with Gasteiger partial charge in [-0.2, -0.15) is 0 Å². The molecule has 1 aliphatic rings. The first kappa shape index (κ1) is 13.2. The summed E-state index contributed by atoms with van der Waals surface area (Å²) in [5.74, 6) is 0.210. The molecule has 1 fully saturated rings. The maximum Gasteiger partial charge on any atom is 0.124 e. The predicted octanol–water partition coefficient (Wildman–Crippen LogP) is 1.97. The van der Waals surface area contributed by atoms with Crippen molar-refractivity contribution in [3.63, 3.8) is 0 Å². The predicted molar refractivity (Wildman–Crippen MR) is 71.6 cm³/mol. The van der Waals surface area contributed by atoms with Crippen LogP contribution < -0.4 is 5.73 Å². The first-order valence-corrected chi connectivity index (χ1v) is 6.61. The number of rotatable bonds is 3. The van der Waals surface area contributed by atoms with Gasteiger partial charge in [0, 0.05) is 24.2 Å². The smallest absolute Gasteiger partial charge is 0.124 e. The van der Waals surface area contributed by atoms with Crippen molar-refractivity contribution in [2.45, 2.75) is 38.3 Å². The van der Waals surface area contributed by atoms with Crippen LogP contribution in [0.1, 0.15) is 37.8 Å². The Balaban J connectivity index is 2.26. The van der Waals surface area contributed by atoms with E-state index in [-0.39, 0.29) is 17.5 Å². The molecule has 18 heavy (non-hydrogen) atoms. The van der Waals surface area contributed by atoms with Gasteiger partial charge in [0.15, 0.2) is 0 Å². The zero-order chi connectivity index (χ0) is 13.1. The molecule has 0 spiro atoms. The van der Waals surface area contributed by atoms with Gasteiger partial charge in [-0.25, -0.2) is 0 Å². The average Bonchev–Trinajstić information content (AvgIpc) is 2.34. The maximum absolute atomic E-state index is 9.97. The number of phenolic OH excluding ortho intramolecular Hbond substituents is 2. The zero-order valence-electron chi connectivity index (χ0n) is 10.8. The van der Waals surface area contributed by atoms with Gasteiger partial charge in [0.2, 0.25) is 0 Å². The molecule has 4 heteroatoms. The number of aromatic hydroxyl groups is 2. The Bertz CT molecular complexity index is 409. The van der Waals surface area contributed by atoms with Crippen molar-refractivity contribution < 1.29 is 10.2 Å². The lowest BCUT2D eigenvalue weighted by Crippen LogP contribution is -2.43. The van der Waals surface area contributed by atoms with Crippen LogP contribution in [-0.4, -0.2) is 34.2 Å². The molecule has 100 valence electrons. The molecule has 1 aliphatic heterocycles. The first-order chi connectivity index (χ1) is 8.63. The molecule has 2 rings (SSSR count). The van der Waals surface area contributed by atoms with Crippen molar-refractivity contribution in [3.05, 3.63) is 23.8 Å². The van der Waals surface area contributed by atoms with Crippen LogP contribution in [0, 0.1) is 0 Å². The molecule has 0 saturated carbocycles. The highest BCUT2D eigenvalue weighted by atomic mass is 16.3. The summed E-state index contributed by atoms with van der Waals surface area (Å²) in [6.45, 7) is 3.70. The molecule has 0 radical (unpaired) electrons. The van der Waals surface area contributed by atoms with Crippen LogP contribution in [0.15, 0.2) is 18.2 Å². The fraction of sp³-hybridized carbons (Fsp3) is 0.571. The highest BCUT2D eigenvalue weighted by Crippen LogP contribution is 2.34. The van der Waals surface area contributed by atoms with E-state index < -0.39 is 0 Å². The van der Waals surface area contributed by atoms with E-state index >= 15 is 0 Å². The van der Waals surface area contributed by atoms with E-state index in [0.29, 0.717) is 12.6 Å². The van der Waals surface area contributed by atoms with E-state index in [0.717, 1.165) is 12.1 Å². The van der Waals surface area contributed by atoms with Crippen LogP contribution >= 0.6 is 0 Å². The second-order valence-corrected chi connectivity index (χ2v) is 5.08. The molecule has 2 atom stereocenters. The summed E-state index contributed by atoms with van der Waals surface area (Å²) in [6.07, 6.45) is 3.62. The Morgan fingerprint density at radius 3 is 2.78 bits per heavy atom. The van der Waals surface area contributed by atoms with Gasteiger partial charge in [-0.1, -0.05) is 12.5 Å². The van der Waals surface area contributed by atoms with Crippen LogP contribution in [0.4, 0.5) is 0 Å². The summed E-state index contributed by atoms with van der Waals surface area (Å²) in [5.41, 5.74) is 6.70. The number of hydrogen-bond acceptors (Lipinski definition) is 4. The largest absolute Gasteiger partial charge is 0.508 e. The van der Waals surface area contributed by atoms with E-state index in [4.69, 9.17) is 5.73 Å². The summed E-state index contributed by atoms with van der Waals surface area (Å²) < 4.78 is 0. The molecule has 1 heterocycles. The average molecular weight is 250 g/mol. The minimum atomic E-state index is 0.0286. The van der Waals surface area contributed by atoms with E-state index in [1.54, 1.807) is 12.1 Å². The molecule has 4 N–H and O–H groups in total. The quantitative estimate of drug-likeness (QED) is 0.767. The second kappa shape index (κ2) is 5.59. The third-order valence-corrected chi connectivity index (χ3v) is 3.85. The van der Waals surface area contributed by atoms with Crippen molar-refractivity contribution in [2.24, 2.45) is 5.73 Å². The van der Waals surface area contributed by atoms with E-state index in [9.17, 15) is 10.2 Å². The third kappa shape index (κ3) is 2.60. The third-order valence-electron chi connectivity index (χ3n) is 3.85. The molecular weight excluding hydrogens is 228 g/mol. The van der Waals surface area contributed by atoms with Gasteiger partial charge in [-0.3, -0.25) is 4.90 Å². The monoisotopic (exact) mass is 250 g/mol. The van der Waals surface area contributed by atoms with Crippen molar-refractivity contribution in [2.75, 3.05) is 13.1 Å². The first-order valence-electron chi connectivity index (χ1n) is 6.61. The SMILES string of the molecule is CC1CCCCN1C(CN)c1ccc(O)cc1O. The minimum absolute atomic E-state index is 0.0286. The maximum atomic E-state index is 9.97. The fourth-order valence-corrected chi connectivity index (χ4v) is 2.84. The Labute approximate surface area is 108 Å². The van der Waals surface area contributed by atoms with Gasteiger partial charge < -0.3 is 15.9 Å². The Hall–Kier alpha value is -1.26. The van der Waals surface area contributed by atoms with E-state index in [2.05, 4.69) is 11.8 Å². The number of hydrogen-bond donors (Lipinski definition) is 3. The lowest BCUT2D eigenvalue weighted by Gasteiger charge is -2.39. The van der Waals surface area contributed by atoms with Gasteiger partial charge in [-0.15, -0.1) is 0 Å². The van der Waals surface area contributed by atoms with Gasteiger partial charge in [0.25, 0.3) is 0 Å². The molecule has 1 aromatic rings. The number of piperidine rings is 1. The van der Waals surface area contributed by atoms with Gasteiger partial charge in [0.05, 0.1) is 6.04 Å². The lowest BCUT2D eigenvalue weighted by molar-refractivity contribution is 0.107. The number of nitrogens with zero attached hydrogens (tertiary/aromatic N) is 1. The van der Waals surface area contributed by atoms with Crippen LogP contribution in [0.25, 0.3) is 0 Å². The van der Waals surface area contributed by atoms with Crippen molar-refractivity contribution in [3.8, 4) is 11.5 Å². The molecular formula is C14H22N2O2. The van der Waals surface area contributed by atoms with Gasteiger partial charge >= 0.3 is 0 Å². The molecule has 4 nitrogen and oxygen atoms in total. The Morgan fingerprint density at radius 1 is 1.39 bits per heavy atom. The molecule has 0 aliphatic carbocycles. The molecule has 1 saturated heterocycles. The Kier molecular flexibility index (Phi) is 4.09. The number of likely N-dealkylation sites (tertiary alicyclic amines) is 1. The normalized spacial score (nSPS) is 22.9. The molecule has 0 amide bonds. The summed E-state index contributed by atoms with van der Waals surface area (Å²) >= 11 is 0. The van der Waals surface area contributed by atoms with Crippen molar-refractivity contribution in [1.82, 2.24) is 4.90 Å². The van der Waals surface area contributed by atoms with Crippen LogP contribution in [0.2, 0.25) is 0 Å². The standard InChI is InChI=1S/C14H22N2O2/c1-10-4-2-3-7-16(10)13(9-15)12-6-5-11(17)8-14(12)18/h5-6,8,10,13,17-18H,2-4,7,9,15H2,1H3.